The standard InChI is InChI=1S/C9H10ClNO2/c1-6-3-9(12)7(4-8(6)10)5-11-13-2/h3-5,12H,1-2H3/b11-5+. The van der Waals surface area contributed by atoms with Crippen molar-refractivity contribution in [1.29, 1.82) is 0 Å². The number of phenolic OH excluding ortho intramolecular Hbond substituents is 1. The van der Waals surface area contributed by atoms with Crippen LogP contribution in [0.3, 0.4) is 0 Å². The van der Waals surface area contributed by atoms with Crippen molar-refractivity contribution < 1.29 is 9.94 Å². The summed E-state index contributed by atoms with van der Waals surface area (Å²) in [5.41, 5.74) is 1.37. The van der Waals surface area contributed by atoms with Crippen molar-refractivity contribution in [2.75, 3.05) is 7.11 Å². The van der Waals surface area contributed by atoms with Crippen molar-refractivity contribution in [3.05, 3.63) is 28.3 Å². The topological polar surface area (TPSA) is 41.8 Å². The quantitative estimate of drug-likeness (QED) is 0.587. The second-order valence-corrected chi connectivity index (χ2v) is 2.98. The summed E-state index contributed by atoms with van der Waals surface area (Å²) in [4.78, 5) is 4.49. The van der Waals surface area contributed by atoms with E-state index >= 15 is 0 Å². The molecule has 0 fully saturated rings. The van der Waals surface area contributed by atoms with Crippen LogP contribution in [0.1, 0.15) is 11.1 Å². The predicted molar refractivity (Wildman–Crippen MR) is 52.5 cm³/mol. The highest BCUT2D eigenvalue weighted by molar-refractivity contribution is 6.31. The van der Waals surface area contributed by atoms with Crippen LogP contribution < -0.4 is 0 Å². The van der Waals surface area contributed by atoms with Gasteiger partial charge in [-0.2, -0.15) is 0 Å². The molecule has 0 aliphatic heterocycles. The Morgan fingerprint density at radius 2 is 2.23 bits per heavy atom. The Bertz CT molecular complexity index is 337. The van der Waals surface area contributed by atoms with Gasteiger partial charge in [0.05, 0.1) is 6.21 Å². The summed E-state index contributed by atoms with van der Waals surface area (Å²) in [5.74, 6) is 0.141. The van der Waals surface area contributed by atoms with Gasteiger partial charge in [-0.05, 0) is 24.6 Å². The smallest absolute Gasteiger partial charge is 0.124 e. The minimum absolute atomic E-state index is 0.141. The molecule has 0 bridgehead atoms. The van der Waals surface area contributed by atoms with Gasteiger partial charge in [0, 0.05) is 10.6 Å². The molecule has 0 saturated heterocycles. The van der Waals surface area contributed by atoms with E-state index in [4.69, 9.17) is 11.6 Å². The monoisotopic (exact) mass is 199 g/mol. The molecule has 0 aliphatic carbocycles. The SMILES string of the molecule is CO/N=C/c1cc(Cl)c(C)cc1O. The first-order valence-electron chi connectivity index (χ1n) is 3.70. The van der Waals surface area contributed by atoms with Crippen molar-refractivity contribution in [3.63, 3.8) is 0 Å². The number of oxime groups is 1. The van der Waals surface area contributed by atoms with Gasteiger partial charge < -0.3 is 9.94 Å². The number of benzene rings is 1. The number of aromatic hydroxyl groups is 1. The van der Waals surface area contributed by atoms with Crippen LogP contribution in [0.2, 0.25) is 5.02 Å². The van der Waals surface area contributed by atoms with Gasteiger partial charge in [-0.25, -0.2) is 0 Å². The van der Waals surface area contributed by atoms with Crippen molar-refractivity contribution in [2.45, 2.75) is 6.92 Å². The lowest BCUT2D eigenvalue weighted by Gasteiger charge is -2.02. The fourth-order valence-electron chi connectivity index (χ4n) is 0.895. The molecule has 1 aromatic rings. The van der Waals surface area contributed by atoms with E-state index in [0.29, 0.717) is 10.6 Å². The van der Waals surface area contributed by atoms with Crippen LogP contribution in [0.4, 0.5) is 0 Å². The second-order valence-electron chi connectivity index (χ2n) is 2.58. The van der Waals surface area contributed by atoms with Crippen LogP contribution in [-0.2, 0) is 4.84 Å². The molecule has 0 amide bonds. The fraction of sp³-hybridized carbons (Fsp3) is 0.222. The Hall–Kier alpha value is -1.22. The van der Waals surface area contributed by atoms with E-state index in [0.717, 1.165) is 5.56 Å². The number of hydrogen-bond acceptors (Lipinski definition) is 3. The first-order valence-corrected chi connectivity index (χ1v) is 4.08. The van der Waals surface area contributed by atoms with Crippen LogP contribution >= 0.6 is 11.6 Å². The molecule has 13 heavy (non-hydrogen) atoms. The summed E-state index contributed by atoms with van der Waals surface area (Å²) in [6.07, 6.45) is 1.40. The van der Waals surface area contributed by atoms with Gasteiger partial charge in [-0.1, -0.05) is 16.8 Å². The Labute approximate surface area is 81.6 Å². The van der Waals surface area contributed by atoms with E-state index in [1.165, 1.54) is 13.3 Å². The van der Waals surface area contributed by atoms with Gasteiger partial charge in [0.1, 0.15) is 12.9 Å². The summed E-state index contributed by atoms with van der Waals surface area (Å²) >= 11 is 5.85. The predicted octanol–water partition coefficient (Wildman–Crippen LogP) is 2.33. The number of phenols is 1. The first-order chi connectivity index (χ1) is 6.15. The van der Waals surface area contributed by atoms with Gasteiger partial charge >= 0.3 is 0 Å². The molecule has 4 heteroatoms. The minimum Gasteiger partial charge on any atom is -0.507 e. The molecule has 0 heterocycles. The van der Waals surface area contributed by atoms with Crippen LogP contribution in [0.25, 0.3) is 0 Å². The number of hydrogen-bond donors (Lipinski definition) is 1. The zero-order valence-electron chi connectivity index (χ0n) is 7.41. The van der Waals surface area contributed by atoms with E-state index in [9.17, 15) is 5.11 Å². The largest absolute Gasteiger partial charge is 0.507 e. The molecular formula is C9H10ClNO2. The average molecular weight is 200 g/mol. The van der Waals surface area contributed by atoms with Crippen LogP contribution in [-0.4, -0.2) is 18.4 Å². The molecule has 3 nitrogen and oxygen atoms in total. The molecule has 1 aromatic carbocycles. The maximum absolute atomic E-state index is 9.44. The molecule has 0 spiro atoms. The van der Waals surface area contributed by atoms with Gasteiger partial charge in [-0.3, -0.25) is 0 Å². The Kier molecular flexibility index (Phi) is 3.14. The average Bonchev–Trinajstić information content (AvgIpc) is 2.09. The molecule has 0 aliphatic rings. The highest BCUT2D eigenvalue weighted by Gasteiger charge is 2.02. The summed E-state index contributed by atoms with van der Waals surface area (Å²) in [7, 11) is 1.43. The highest BCUT2D eigenvalue weighted by Crippen LogP contribution is 2.24. The summed E-state index contributed by atoms with van der Waals surface area (Å²) in [6.45, 7) is 1.82. The molecule has 1 N–H and O–H groups in total. The normalized spacial score (nSPS) is 10.7. The Morgan fingerprint density at radius 1 is 1.54 bits per heavy atom. The Balaban J connectivity index is 3.08. The second kappa shape index (κ2) is 4.14. The number of rotatable bonds is 2. The fourth-order valence-corrected chi connectivity index (χ4v) is 1.07. The Morgan fingerprint density at radius 3 is 2.85 bits per heavy atom. The van der Waals surface area contributed by atoms with Gasteiger partial charge in [-0.15, -0.1) is 0 Å². The summed E-state index contributed by atoms with van der Waals surface area (Å²) in [5, 5.41) is 13.6. The maximum Gasteiger partial charge on any atom is 0.124 e. The molecule has 0 unspecified atom stereocenters. The van der Waals surface area contributed by atoms with E-state index in [1.807, 2.05) is 6.92 Å². The van der Waals surface area contributed by atoms with Crippen molar-refractivity contribution in [1.82, 2.24) is 0 Å². The van der Waals surface area contributed by atoms with E-state index in [1.54, 1.807) is 12.1 Å². The van der Waals surface area contributed by atoms with E-state index in [-0.39, 0.29) is 5.75 Å². The molecule has 0 atom stereocenters. The lowest BCUT2D eigenvalue weighted by Crippen LogP contribution is -1.85. The first kappa shape index (κ1) is 9.86. The van der Waals surface area contributed by atoms with Crippen molar-refractivity contribution >= 4 is 17.8 Å². The third-order valence-corrected chi connectivity index (χ3v) is 2.01. The van der Waals surface area contributed by atoms with Crippen molar-refractivity contribution in [3.8, 4) is 5.75 Å². The number of nitrogens with zero attached hydrogens (tertiary/aromatic N) is 1. The van der Waals surface area contributed by atoms with Gasteiger partial charge in [0.25, 0.3) is 0 Å². The zero-order chi connectivity index (χ0) is 9.84. The lowest BCUT2D eigenvalue weighted by molar-refractivity contribution is 0.215. The molecule has 1 rings (SSSR count). The van der Waals surface area contributed by atoms with Crippen LogP contribution in [0.5, 0.6) is 5.75 Å². The van der Waals surface area contributed by atoms with E-state index in [2.05, 4.69) is 9.99 Å². The number of aryl methyl sites for hydroxylation is 1. The zero-order valence-corrected chi connectivity index (χ0v) is 8.17. The molecule has 0 saturated carbocycles. The third kappa shape index (κ3) is 2.36. The molecule has 70 valence electrons. The van der Waals surface area contributed by atoms with Gasteiger partial charge in [0.15, 0.2) is 0 Å². The minimum atomic E-state index is 0.141. The van der Waals surface area contributed by atoms with Crippen molar-refractivity contribution in [2.24, 2.45) is 5.16 Å². The molecule has 0 radical (unpaired) electrons. The van der Waals surface area contributed by atoms with Crippen LogP contribution in [0.15, 0.2) is 17.3 Å². The van der Waals surface area contributed by atoms with Crippen LogP contribution in [0, 0.1) is 6.92 Å². The third-order valence-electron chi connectivity index (χ3n) is 1.61. The maximum atomic E-state index is 9.44. The number of halogens is 1. The lowest BCUT2D eigenvalue weighted by atomic mass is 10.1. The summed E-state index contributed by atoms with van der Waals surface area (Å²) < 4.78 is 0. The molecule has 0 aromatic heterocycles. The summed E-state index contributed by atoms with van der Waals surface area (Å²) in [6, 6.07) is 3.22. The highest BCUT2D eigenvalue weighted by atomic mass is 35.5. The van der Waals surface area contributed by atoms with Gasteiger partial charge in [0.2, 0.25) is 0 Å². The molecular weight excluding hydrogens is 190 g/mol. The van der Waals surface area contributed by atoms with E-state index < -0.39 is 0 Å².